The van der Waals surface area contributed by atoms with Crippen molar-refractivity contribution in [3.05, 3.63) is 35.9 Å². The molecule has 22 heavy (non-hydrogen) atoms. The first-order chi connectivity index (χ1) is 10.3. The highest BCUT2D eigenvalue weighted by molar-refractivity contribution is 5.94. The summed E-state index contributed by atoms with van der Waals surface area (Å²) in [6, 6.07) is 9.63. The summed E-state index contributed by atoms with van der Waals surface area (Å²) in [5.74, 6) is 1.01. The molecule has 122 valence electrons. The van der Waals surface area contributed by atoms with Crippen molar-refractivity contribution in [1.82, 2.24) is 15.1 Å². The van der Waals surface area contributed by atoms with Gasteiger partial charge in [0, 0.05) is 38.3 Å². The largest absolute Gasteiger partial charge is 0.336 e. The molecule has 3 rings (SSSR count). The van der Waals surface area contributed by atoms with Gasteiger partial charge < -0.3 is 10.2 Å². The van der Waals surface area contributed by atoms with Crippen molar-refractivity contribution in [3.63, 3.8) is 0 Å². The van der Waals surface area contributed by atoms with Crippen LogP contribution in [-0.4, -0.2) is 61.5 Å². The number of nitrogens with zero attached hydrogens (tertiary/aromatic N) is 2. The van der Waals surface area contributed by atoms with Crippen molar-refractivity contribution in [2.45, 2.75) is 12.8 Å². The molecule has 2 heterocycles. The Balaban J connectivity index is 0.00000176. The van der Waals surface area contributed by atoms with Gasteiger partial charge in [-0.25, -0.2) is 0 Å². The van der Waals surface area contributed by atoms with E-state index >= 15 is 0 Å². The van der Waals surface area contributed by atoms with E-state index in [-0.39, 0.29) is 18.3 Å². The third-order valence-corrected chi connectivity index (χ3v) is 4.66. The topological polar surface area (TPSA) is 35.6 Å². The van der Waals surface area contributed by atoms with E-state index in [9.17, 15) is 4.79 Å². The Kier molecular flexibility index (Phi) is 6.68. The number of benzene rings is 1. The van der Waals surface area contributed by atoms with Crippen LogP contribution in [0.4, 0.5) is 0 Å². The Labute approximate surface area is 139 Å². The third kappa shape index (κ3) is 4.45. The van der Waals surface area contributed by atoms with E-state index < -0.39 is 0 Å². The van der Waals surface area contributed by atoms with Crippen LogP contribution in [0.2, 0.25) is 0 Å². The minimum atomic E-state index is 0. The van der Waals surface area contributed by atoms with E-state index in [0.717, 1.165) is 50.7 Å². The van der Waals surface area contributed by atoms with Crippen LogP contribution in [-0.2, 0) is 0 Å². The number of halogens is 1. The number of amides is 1. The van der Waals surface area contributed by atoms with Crippen molar-refractivity contribution in [3.8, 4) is 0 Å². The SMILES string of the molecule is Cl.O=C(c1ccccc1)N1CCN(CC2CCNCC2)CC1. The lowest BCUT2D eigenvalue weighted by atomic mass is 9.97. The van der Waals surface area contributed by atoms with E-state index in [2.05, 4.69) is 10.2 Å². The van der Waals surface area contributed by atoms with Gasteiger partial charge in [0.1, 0.15) is 0 Å². The molecular weight excluding hydrogens is 298 g/mol. The van der Waals surface area contributed by atoms with E-state index in [1.165, 1.54) is 19.4 Å². The molecule has 0 unspecified atom stereocenters. The number of piperazine rings is 1. The van der Waals surface area contributed by atoms with E-state index in [1.54, 1.807) is 0 Å². The fraction of sp³-hybridized carbons (Fsp3) is 0.588. The fourth-order valence-corrected chi connectivity index (χ4v) is 3.33. The lowest BCUT2D eigenvalue weighted by Gasteiger charge is -2.37. The Bertz CT molecular complexity index is 454. The van der Waals surface area contributed by atoms with Crippen LogP contribution >= 0.6 is 12.4 Å². The molecule has 0 aromatic heterocycles. The van der Waals surface area contributed by atoms with Gasteiger partial charge in [-0.2, -0.15) is 0 Å². The molecule has 2 fully saturated rings. The molecule has 2 aliphatic rings. The third-order valence-electron chi connectivity index (χ3n) is 4.66. The van der Waals surface area contributed by atoms with Crippen LogP contribution in [0.15, 0.2) is 30.3 Å². The highest BCUT2D eigenvalue weighted by atomic mass is 35.5. The van der Waals surface area contributed by atoms with Crippen LogP contribution in [0.3, 0.4) is 0 Å². The fourth-order valence-electron chi connectivity index (χ4n) is 3.33. The average molecular weight is 324 g/mol. The number of hydrogen-bond donors (Lipinski definition) is 1. The van der Waals surface area contributed by atoms with Gasteiger partial charge in [0.05, 0.1) is 0 Å². The second kappa shape index (κ2) is 8.51. The van der Waals surface area contributed by atoms with Crippen LogP contribution in [0.1, 0.15) is 23.2 Å². The molecule has 0 saturated carbocycles. The van der Waals surface area contributed by atoms with Crippen molar-refractivity contribution in [2.75, 3.05) is 45.8 Å². The predicted molar refractivity (Wildman–Crippen MR) is 91.6 cm³/mol. The molecule has 0 atom stereocenters. The number of hydrogen-bond acceptors (Lipinski definition) is 3. The number of carbonyl (C=O) groups is 1. The molecule has 0 radical (unpaired) electrons. The summed E-state index contributed by atoms with van der Waals surface area (Å²) < 4.78 is 0. The number of piperidine rings is 1. The molecule has 1 amide bonds. The van der Waals surface area contributed by atoms with Crippen LogP contribution < -0.4 is 5.32 Å². The first-order valence-corrected chi connectivity index (χ1v) is 8.10. The van der Waals surface area contributed by atoms with Gasteiger partial charge in [-0.05, 0) is 44.0 Å². The highest BCUT2D eigenvalue weighted by Crippen LogP contribution is 2.15. The van der Waals surface area contributed by atoms with Gasteiger partial charge in [0.25, 0.3) is 5.91 Å². The lowest BCUT2D eigenvalue weighted by molar-refractivity contribution is 0.0608. The standard InChI is InChI=1S/C17H25N3O.ClH/c21-17(16-4-2-1-3-5-16)20-12-10-19(11-13-20)14-15-6-8-18-9-7-15;/h1-5,15,18H,6-14H2;1H. The second-order valence-electron chi connectivity index (χ2n) is 6.15. The monoisotopic (exact) mass is 323 g/mol. The molecular formula is C17H26ClN3O. The first kappa shape index (κ1) is 17.3. The Morgan fingerprint density at radius 2 is 1.68 bits per heavy atom. The smallest absolute Gasteiger partial charge is 0.253 e. The summed E-state index contributed by atoms with van der Waals surface area (Å²) >= 11 is 0. The maximum atomic E-state index is 12.4. The summed E-state index contributed by atoms with van der Waals surface area (Å²) in [5, 5.41) is 3.42. The zero-order valence-corrected chi connectivity index (χ0v) is 13.9. The normalized spacial score (nSPS) is 20.5. The van der Waals surface area contributed by atoms with Gasteiger partial charge in [-0.1, -0.05) is 18.2 Å². The van der Waals surface area contributed by atoms with Crippen LogP contribution in [0, 0.1) is 5.92 Å². The minimum Gasteiger partial charge on any atom is -0.336 e. The lowest BCUT2D eigenvalue weighted by Crippen LogP contribution is -2.50. The molecule has 1 N–H and O–H groups in total. The van der Waals surface area contributed by atoms with E-state index in [4.69, 9.17) is 0 Å². The second-order valence-corrected chi connectivity index (χ2v) is 6.15. The maximum Gasteiger partial charge on any atom is 0.253 e. The molecule has 2 saturated heterocycles. The van der Waals surface area contributed by atoms with Crippen LogP contribution in [0.5, 0.6) is 0 Å². The molecule has 5 heteroatoms. The molecule has 1 aromatic rings. The minimum absolute atomic E-state index is 0. The number of rotatable bonds is 3. The molecule has 0 bridgehead atoms. The Morgan fingerprint density at radius 1 is 1.05 bits per heavy atom. The van der Waals surface area contributed by atoms with Gasteiger partial charge in [0.15, 0.2) is 0 Å². The highest BCUT2D eigenvalue weighted by Gasteiger charge is 2.24. The van der Waals surface area contributed by atoms with Gasteiger partial charge in [0.2, 0.25) is 0 Å². The van der Waals surface area contributed by atoms with Crippen molar-refractivity contribution >= 4 is 18.3 Å². The van der Waals surface area contributed by atoms with Crippen LogP contribution in [0.25, 0.3) is 0 Å². The summed E-state index contributed by atoms with van der Waals surface area (Å²) in [6.07, 6.45) is 2.59. The Morgan fingerprint density at radius 3 is 2.32 bits per heavy atom. The van der Waals surface area contributed by atoms with Gasteiger partial charge in [-0.3, -0.25) is 9.69 Å². The summed E-state index contributed by atoms with van der Waals surface area (Å²) in [5.41, 5.74) is 0.810. The molecule has 0 spiro atoms. The van der Waals surface area contributed by atoms with Crippen molar-refractivity contribution < 1.29 is 4.79 Å². The Hall–Kier alpha value is -1.10. The molecule has 0 aliphatic carbocycles. The summed E-state index contributed by atoms with van der Waals surface area (Å²) in [6.45, 7) is 7.28. The number of nitrogens with one attached hydrogen (secondary N) is 1. The number of carbonyl (C=O) groups excluding carboxylic acids is 1. The average Bonchev–Trinajstić information content (AvgIpc) is 2.57. The predicted octanol–water partition coefficient (Wildman–Crippen LogP) is 1.87. The van der Waals surface area contributed by atoms with Crippen molar-refractivity contribution in [2.24, 2.45) is 5.92 Å². The summed E-state index contributed by atoms with van der Waals surface area (Å²) in [7, 11) is 0. The quantitative estimate of drug-likeness (QED) is 0.922. The van der Waals surface area contributed by atoms with Gasteiger partial charge in [-0.15, -0.1) is 12.4 Å². The van der Waals surface area contributed by atoms with Gasteiger partial charge >= 0.3 is 0 Å². The molecule has 1 aromatic carbocycles. The summed E-state index contributed by atoms with van der Waals surface area (Å²) in [4.78, 5) is 16.9. The first-order valence-electron chi connectivity index (χ1n) is 8.10. The van der Waals surface area contributed by atoms with E-state index in [1.807, 2.05) is 35.2 Å². The van der Waals surface area contributed by atoms with E-state index in [0.29, 0.717) is 0 Å². The maximum absolute atomic E-state index is 12.4. The zero-order valence-electron chi connectivity index (χ0n) is 13.0. The molecule has 4 nitrogen and oxygen atoms in total. The zero-order chi connectivity index (χ0) is 14.5. The van der Waals surface area contributed by atoms with Crippen molar-refractivity contribution in [1.29, 1.82) is 0 Å². The molecule has 2 aliphatic heterocycles.